The number of hydrogen-bond donors (Lipinski definition) is 0. The van der Waals surface area contributed by atoms with Gasteiger partial charge in [0.2, 0.25) is 0 Å². The summed E-state index contributed by atoms with van der Waals surface area (Å²) >= 11 is 0. The molecule has 3 aliphatic rings. The van der Waals surface area contributed by atoms with Gasteiger partial charge in [-0.1, -0.05) is 6.92 Å². The van der Waals surface area contributed by atoms with Gasteiger partial charge < -0.3 is 4.74 Å². The van der Waals surface area contributed by atoms with Gasteiger partial charge in [0.15, 0.2) is 0 Å². The monoisotopic (exact) mass is 225 g/mol. The Kier molecular flexibility index (Phi) is 3.98. The van der Waals surface area contributed by atoms with Gasteiger partial charge in [0.05, 0.1) is 6.61 Å². The molecular weight excluding hydrogens is 202 g/mol. The third-order valence-electron chi connectivity index (χ3n) is 4.15. The Morgan fingerprint density at radius 3 is 2.88 bits per heavy atom. The molecule has 0 aliphatic carbocycles. The van der Waals surface area contributed by atoms with Crippen LogP contribution in [0.3, 0.4) is 0 Å². The highest BCUT2D eigenvalue weighted by atomic mass is 16.5. The Labute approximate surface area is 98.1 Å². The molecule has 2 bridgehead atoms. The number of fused-ring (bicyclic) bond motifs is 3. The zero-order chi connectivity index (χ0) is 11.5. The van der Waals surface area contributed by atoms with Gasteiger partial charge >= 0.3 is 0 Å². The van der Waals surface area contributed by atoms with Crippen LogP contribution in [0, 0.1) is 11.8 Å². The minimum Gasteiger partial charge on any atom is -0.383 e. The average Bonchev–Trinajstić information content (AvgIpc) is 2.30. The maximum atomic E-state index is 12.0. The van der Waals surface area contributed by atoms with Crippen LogP contribution in [0.5, 0.6) is 0 Å². The fraction of sp³-hybridized carbons (Fsp3) is 0.923. The Morgan fingerprint density at radius 1 is 1.50 bits per heavy atom. The highest BCUT2D eigenvalue weighted by Crippen LogP contribution is 2.37. The number of hydrogen-bond acceptors (Lipinski definition) is 3. The molecule has 3 heteroatoms. The van der Waals surface area contributed by atoms with E-state index in [0.717, 1.165) is 39.0 Å². The summed E-state index contributed by atoms with van der Waals surface area (Å²) in [5.74, 6) is 1.44. The summed E-state index contributed by atoms with van der Waals surface area (Å²) in [5, 5.41) is 0. The van der Waals surface area contributed by atoms with Crippen molar-refractivity contribution in [2.45, 2.75) is 38.6 Å². The minimum atomic E-state index is 0.321. The molecule has 3 heterocycles. The summed E-state index contributed by atoms with van der Waals surface area (Å²) in [7, 11) is 1.77. The third kappa shape index (κ3) is 2.30. The molecule has 92 valence electrons. The van der Waals surface area contributed by atoms with Crippen LogP contribution in [-0.2, 0) is 9.53 Å². The summed E-state index contributed by atoms with van der Waals surface area (Å²) in [4.78, 5) is 14.5. The van der Waals surface area contributed by atoms with E-state index in [1.54, 1.807) is 7.11 Å². The number of rotatable bonds is 5. The van der Waals surface area contributed by atoms with E-state index in [4.69, 9.17) is 4.74 Å². The van der Waals surface area contributed by atoms with Crippen LogP contribution in [0.15, 0.2) is 0 Å². The van der Waals surface area contributed by atoms with E-state index >= 15 is 0 Å². The lowest BCUT2D eigenvalue weighted by molar-refractivity contribution is -0.131. The molecule has 0 spiro atoms. The van der Waals surface area contributed by atoms with Crippen molar-refractivity contribution in [3.05, 3.63) is 0 Å². The first kappa shape index (κ1) is 12.1. The van der Waals surface area contributed by atoms with Crippen molar-refractivity contribution in [3.63, 3.8) is 0 Å². The molecule has 0 aromatic rings. The molecule has 4 atom stereocenters. The second-order valence-corrected chi connectivity index (χ2v) is 5.21. The number of Topliss-reactive ketones (excluding diaryl/α,β-unsaturated/α-hetero) is 1. The second kappa shape index (κ2) is 5.28. The van der Waals surface area contributed by atoms with Crippen LogP contribution in [0.4, 0.5) is 0 Å². The van der Waals surface area contributed by atoms with E-state index < -0.39 is 0 Å². The molecule has 0 amide bonds. The maximum Gasteiger partial charge on any atom is 0.137 e. The van der Waals surface area contributed by atoms with Crippen molar-refractivity contribution in [1.82, 2.24) is 4.90 Å². The van der Waals surface area contributed by atoms with Gasteiger partial charge in [-0.3, -0.25) is 9.69 Å². The van der Waals surface area contributed by atoms with Gasteiger partial charge in [-0.05, 0) is 31.7 Å². The first-order valence-corrected chi connectivity index (χ1v) is 6.52. The first-order valence-electron chi connectivity index (χ1n) is 6.52. The molecule has 0 saturated carbocycles. The molecule has 3 aliphatic heterocycles. The fourth-order valence-corrected chi connectivity index (χ4v) is 3.30. The van der Waals surface area contributed by atoms with Crippen molar-refractivity contribution >= 4 is 5.78 Å². The summed E-state index contributed by atoms with van der Waals surface area (Å²) in [6.07, 6.45) is 4.13. The lowest BCUT2D eigenvalue weighted by Gasteiger charge is -2.49. The van der Waals surface area contributed by atoms with Crippen LogP contribution in [-0.4, -0.2) is 43.5 Å². The number of nitrogens with zero attached hydrogens (tertiary/aromatic N) is 1. The zero-order valence-electron chi connectivity index (χ0n) is 10.4. The van der Waals surface area contributed by atoms with Crippen molar-refractivity contribution in [3.8, 4) is 0 Å². The number of carbonyl (C=O) groups is 1. The Balaban J connectivity index is 1.95. The van der Waals surface area contributed by atoms with Crippen molar-refractivity contribution in [2.24, 2.45) is 11.8 Å². The molecule has 0 N–H and O–H groups in total. The summed E-state index contributed by atoms with van der Waals surface area (Å²) in [5.41, 5.74) is 0. The highest BCUT2D eigenvalue weighted by molar-refractivity contribution is 5.81. The standard InChI is InChI=1S/C13H23NO2/c1-3-4-13(15)12-8-14-6-5-10(12)7-11(14)9-16-2/h10-12H,3-9H2,1-2H3. The van der Waals surface area contributed by atoms with Gasteiger partial charge in [0.25, 0.3) is 0 Å². The zero-order valence-corrected chi connectivity index (χ0v) is 10.4. The first-order chi connectivity index (χ1) is 7.76. The van der Waals surface area contributed by atoms with E-state index in [0.29, 0.717) is 23.7 Å². The second-order valence-electron chi connectivity index (χ2n) is 5.21. The number of methoxy groups -OCH3 is 1. The van der Waals surface area contributed by atoms with E-state index in [9.17, 15) is 4.79 Å². The number of carbonyl (C=O) groups excluding carboxylic acids is 1. The van der Waals surface area contributed by atoms with E-state index in [-0.39, 0.29) is 0 Å². The van der Waals surface area contributed by atoms with Crippen molar-refractivity contribution in [2.75, 3.05) is 26.8 Å². The number of piperidine rings is 3. The smallest absolute Gasteiger partial charge is 0.137 e. The molecule has 3 rings (SSSR count). The molecule has 0 aromatic heterocycles. The van der Waals surface area contributed by atoms with Crippen LogP contribution in [0.1, 0.15) is 32.6 Å². The predicted molar refractivity (Wildman–Crippen MR) is 63.4 cm³/mol. The van der Waals surface area contributed by atoms with Crippen LogP contribution >= 0.6 is 0 Å². The maximum absolute atomic E-state index is 12.0. The van der Waals surface area contributed by atoms with Gasteiger partial charge in [-0.2, -0.15) is 0 Å². The average molecular weight is 225 g/mol. The molecule has 3 fully saturated rings. The van der Waals surface area contributed by atoms with Gasteiger partial charge in [-0.15, -0.1) is 0 Å². The Bertz CT molecular complexity index is 254. The number of ether oxygens (including phenoxy) is 1. The summed E-state index contributed by atoms with van der Waals surface area (Å²) in [6, 6.07) is 0.564. The lowest BCUT2D eigenvalue weighted by atomic mass is 9.73. The fourth-order valence-electron chi connectivity index (χ4n) is 3.30. The normalized spacial score (nSPS) is 37.6. The molecule has 4 unspecified atom stereocenters. The molecule has 16 heavy (non-hydrogen) atoms. The van der Waals surface area contributed by atoms with Crippen molar-refractivity contribution in [1.29, 1.82) is 0 Å². The Morgan fingerprint density at radius 2 is 2.31 bits per heavy atom. The lowest BCUT2D eigenvalue weighted by Crippen LogP contribution is -2.56. The molecular formula is C13H23NO2. The summed E-state index contributed by atoms with van der Waals surface area (Å²) in [6.45, 7) is 5.06. The molecule has 3 saturated heterocycles. The molecule has 3 nitrogen and oxygen atoms in total. The van der Waals surface area contributed by atoms with Crippen molar-refractivity contribution < 1.29 is 9.53 Å². The Hall–Kier alpha value is -0.410. The van der Waals surface area contributed by atoms with Gasteiger partial charge in [0, 0.05) is 32.0 Å². The molecule has 0 radical (unpaired) electrons. The van der Waals surface area contributed by atoms with Crippen LogP contribution in [0.2, 0.25) is 0 Å². The highest BCUT2D eigenvalue weighted by Gasteiger charge is 2.42. The minimum absolute atomic E-state index is 0.321. The van der Waals surface area contributed by atoms with E-state index in [2.05, 4.69) is 11.8 Å². The van der Waals surface area contributed by atoms with Gasteiger partial charge in [-0.25, -0.2) is 0 Å². The quantitative estimate of drug-likeness (QED) is 0.713. The summed E-state index contributed by atoms with van der Waals surface area (Å²) < 4.78 is 5.25. The van der Waals surface area contributed by atoms with Crippen LogP contribution in [0.25, 0.3) is 0 Å². The largest absolute Gasteiger partial charge is 0.383 e. The SMILES string of the molecule is CCCC(=O)C1CN2CCC1CC2COC. The number of ketones is 1. The molecule has 0 aromatic carbocycles. The van der Waals surface area contributed by atoms with E-state index in [1.165, 1.54) is 6.42 Å². The third-order valence-corrected chi connectivity index (χ3v) is 4.15. The van der Waals surface area contributed by atoms with Gasteiger partial charge in [0.1, 0.15) is 5.78 Å². The van der Waals surface area contributed by atoms with E-state index in [1.807, 2.05) is 0 Å². The predicted octanol–water partition coefficient (Wildman–Crippen LogP) is 1.71. The topological polar surface area (TPSA) is 29.5 Å². The van der Waals surface area contributed by atoms with Crippen LogP contribution < -0.4 is 0 Å².